The van der Waals surface area contributed by atoms with Crippen molar-refractivity contribution < 1.29 is 14.3 Å². The molecule has 0 saturated heterocycles. The Kier molecular flexibility index (Phi) is 6.86. The number of carbonyl (C=O) groups is 1. The fourth-order valence-electron chi connectivity index (χ4n) is 2.71. The van der Waals surface area contributed by atoms with E-state index in [0.29, 0.717) is 23.7 Å². The van der Waals surface area contributed by atoms with Crippen LogP contribution in [0.3, 0.4) is 0 Å². The molecule has 1 N–H and O–H groups in total. The highest BCUT2D eigenvalue weighted by Crippen LogP contribution is 2.31. The van der Waals surface area contributed by atoms with E-state index in [4.69, 9.17) is 9.47 Å². The lowest BCUT2D eigenvalue weighted by Gasteiger charge is -2.17. The largest absolute Gasteiger partial charge is 0.493 e. The Morgan fingerprint density at radius 3 is 2.61 bits per heavy atom. The molecule has 3 rings (SSSR count). The molecule has 2 aromatic carbocycles. The zero-order valence-corrected chi connectivity index (χ0v) is 17.8. The van der Waals surface area contributed by atoms with Gasteiger partial charge in [-0.25, -0.2) is 0 Å². The summed E-state index contributed by atoms with van der Waals surface area (Å²) in [6.07, 6.45) is 3.47. The number of hydrogen-bond donors (Lipinski definition) is 1. The van der Waals surface area contributed by atoms with Gasteiger partial charge in [-0.15, -0.1) is 0 Å². The molecule has 0 aliphatic heterocycles. The maximum atomic E-state index is 12.5. The van der Waals surface area contributed by atoms with Crippen molar-refractivity contribution >= 4 is 28.5 Å². The molecule has 5 nitrogen and oxygen atoms in total. The highest BCUT2D eigenvalue weighted by molar-refractivity contribution is 14.1. The van der Waals surface area contributed by atoms with E-state index in [1.807, 2.05) is 55.5 Å². The van der Waals surface area contributed by atoms with Gasteiger partial charge in [-0.1, -0.05) is 12.1 Å². The summed E-state index contributed by atoms with van der Waals surface area (Å²) < 4.78 is 12.4. The fourth-order valence-corrected chi connectivity index (χ4v) is 3.25. The smallest absolute Gasteiger partial charge is 0.251 e. The van der Waals surface area contributed by atoms with Gasteiger partial charge in [0, 0.05) is 21.5 Å². The number of methoxy groups -OCH3 is 1. The van der Waals surface area contributed by atoms with Gasteiger partial charge < -0.3 is 14.8 Å². The molecule has 3 aromatic rings. The predicted molar refractivity (Wildman–Crippen MR) is 117 cm³/mol. The first-order chi connectivity index (χ1) is 13.6. The van der Waals surface area contributed by atoms with Crippen molar-refractivity contribution in [1.82, 2.24) is 10.3 Å². The van der Waals surface area contributed by atoms with Gasteiger partial charge in [0.1, 0.15) is 6.61 Å². The molecule has 1 amide bonds. The standard InChI is InChI=1S/C22H21IN2O3/c1-15(25-22(26)18-4-3-5-19(23)12-18)17-6-7-20(21(13-17)27-2)28-14-16-8-10-24-11-9-16/h3-13,15H,14H2,1-2H3,(H,25,26). The highest BCUT2D eigenvalue weighted by Gasteiger charge is 2.14. The van der Waals surface area contributed by atoms with E-state index in [1.54, 1.807) is 25.6 Å². The van der Waals surface area contributed by atoms with Crippen LogP contribution in [0.1, 0.15) is 34.5 Å². The van der Waals surface area contributed by atoms with Gasteiger partial charge in [-0.2, -0.15) is 0 Å². The summed E-state index contributed by atoms with van der Waals surface area (Å²) >= 11 is 2.19. The van der Waals surface area contributed by atoms with E-state index >= 15 is 0 Å². The number of amides is 1. The molecule has 0 aliphatic rings. The van der Waals surface area contributed by atoms with E-state index in [1.165, 1.54) is 0 Å². The summed E-state index contributed by atoms with van der Waals surface area (Å²) in [6, 6.07) is 16.8. The molecule has 0 bridgehead atoms. The minimum Gasteiger partial charge on any atom is -0.493 e. The van der Waals surface area contributed by atoms with E-state index < -0.39 is 0 Å². The van der Waals surface area contributed by atoms with Crippen LogP contribution in [0, 0.1) is 3.57 Å². The first-order valence-electron chi connectivity index (χ1n) is 8.83. The fraction of sp³-hybridized carbons (Fsp3) is 0.182. The first kappa shape index (κ1) is 20.1. The topological polar surface area (TPSA) is 60.5 Å². The van der Waals surface area contributed by atoms with Crippen LogP contribution in [-0.4, -0.2) is 18.0 Å². The van der Waals surface area contributed by atoms with Gasteiger partial charge in [-0.3, -0.25) is 9.78 Å². The molecule has 1 heterocycles. The Balaban J connectivity index is 1.69. The summed E-state index contributed by atoms with van der Waals surface area (Å²) in [5, 5.41) is 3.02. The molecule has 1 atom stereocenters. The molecule has 0 spiro atoms. The van der Waals surface area contributed by atoms with Crippen molar-refractivity contribution in [2.45, 2.75) is 19.6 Å². The third-order valence-corrected chi connectivity index (χ3v) is 4.94. The van der Waals surface area contributed by atoms with E-state index in [0.717, 1.165) is 14.7 Å². The molecule has 144 valence electrons. The SMILES string of the molecule is COc1cc(C(C)NC(=O)c2cccc(I)c2)ccc1OCc1ccncc1. The zero-order chi connectivity index (χ0) is 19.9. The number of nitrogens with one attached hydrogen (secondary N) is 1. The molecule has 1 unspecified atom stereocenters. The third kappa shape index (κ3) is 5.22. The van der Waals surface area contributed by atoms with Crippen molar-refractivity contribution in [1.29, 1.82) is 0 Å². The van der Waals surface area contributed by atoms with Crippen LogP contribution in [0.2, 0.25) is 0 Å². The molecule has 0 fully saturated rings. The van der Waals surface area contributed by atoms with Crippen LogP contribution < -0.4 is 14.8 Å². The Labute approximate surface area is 178 Å². The van der Waals surface area contributed by atoms with Crippen LogP contribution in [0.4, 0.5) is 0 Å². The molecule has 0 saturated carbocycles. The van der Waals surface area contributed by atoms with Crippen molar-refractivity contribution in [3.8, 4) is 11.5 Å². The van der Waals surface area contributed by atoms with Gasteiger partial charge in [0.25, 0.3) is 5.91 Å². The molecule has 6 heteroatoms. The van der Waals surface area contributed by atoms with Crippen LogP contribution in [0.15, 0.2) is 67.0 Å². The second kappa shape index (κ2) is 9.54. The van der Waals surface area contributed by atoms with Crippen LogP contribution in [0.5, 0.6) is 11.5 Å². The summed E-state index contributed by atoms with van der Waals surface area (Å²) in [7, 11) is 1.60. The average molecular weight is 488 g/mol. The van der Waals surface area contributed by atoms with Crippen LogP contribution >= 0.6 is 22.6 Å². The summed E-state index contributed by atoms with van der Waals surface area (Å²) in [6.45, 7) is 2.37. The number of hydrogen-bond acceptors (Lipinski definition) is 4. The van der Waals surface area contributed by atoms with Crippen LogP contribution in [0.25, 0.3) is 0 Å². The number of halogens is 1. The summed E-state index contributed by atoms with van der Waals surface area (Å²) in [5.41, 5.74) is 2.61. The van der Waals surface area contributed by atoms with E-state index in [-0.39, 0.29) is 11.9 Å². The van der Waals surface area contributed by atoms with Gasteiger partial charge in [-0.05, 0) is 83.1 Å². The Hall–Kier alpha value is -2.61. The Bertz CT molecular complexity index is 948. The molecule has 0 radical (unpaired) electrons. The maximum absolute atomic E-state index is 12.5. The van der Waals surface area contributed by atoms with E-state index in [9.17, 15) is 4.79 Å². The quantitative estimate of drug-likeness (QED) is 0.487. The first-order valence-corrected chi connectivity index (χ1v) is 9.91. The van der Waals surface area contributed by atoms with Crippen molar-refractivity contribution in [3.63, 3.8) is 0 Å². The molecule has 1 aromatic heterocycles. The number of pyridine rings is 1. The van der Waals surface area contributed by atoms with Crippen molar-refractivity contribution in [2.75, 3.05) is 7.11 Å². The highest BCUT2D eigenvalue weighted by atomic mass is 127. The Morgan fingerprint density at radius 1 is 1.11 bits per heavy atom. The second-order valence-corrected chi connectivity index (χ2v) is 7.51. The normalized spacial score (nSPS) is 11.5. The lowest BCUT2D eigenvalue weighted by atomic mass is 10.1. The monoisotopic (exact) mass is 488 g/mol. The second-order valence-electron chi connectivity index (χ2n) is 6.26. The average Bonchev–Trinajstić information content (AvgIpc) is 2.72. The minimum absolute atomic E-state index is 0.108. The van der Waals surface area contributed by atoms with Gasteiger partial charge >= 0.3 is 0 Å². The lowest BCUT2D eigenvalue weighted by molar-refractivity contribution is 0.0939. The van der Waals surface area contributed by atoms with E-state index in [2.05, 4.69) is 32.9 Å². The van der Waals surface area contributed by atoms with Gasteiger partial charge in [0.2, 0.25) is 0 Å². The number of rotatable bonds is 7. The maximum Gasteiger partial charge on any atom is 0.251 e. The molecular weight excluding hydrogens is 467 g/mol. The van der Waals surface area contributed by atoms with Gasteiger partial charge in [0.05, 0.1) is 13.2 Å². The number of nitrogens with zero attached hydrogens (tertiary/aromatic N) is 1. The molecule has 28 heavy (non-hydrogen) atoms. The predicted octanol–water partition coefficient (Wildman–Crippen LogP) is 4.76. The Morgan fingerprint density at radius 2 is 1.89 bits per heavy atom. The number of carbonyl (C=O) groups excluding carboxylic acids is 1. The summed E-state index contributed by atoms with van der Waals surface area (Å²) in [4.78, 5) is 16.5. The zero-order valence-electron chi connectivity index (χ0n) is 15.7. The number of aromatic nitrogens is 1. The summed E-state index contributed by atoms with van der Waals surface area (Å²) in [5.74, 6) is 1.17. The van der Waals surface area contributed by atoms with Crippen molar-refractivity contribution in [3.05, 3.63) is 87.3 Å². The molecular formula is C22H21IN2O3. The molecule has 0 aliphatic carbocycles. The third-order valence-electron chi connectivity index (χ3n) is 4.27. The van der Waals surface area contributed by atoms with Crippen LogP contribution in [-0.2, 0) is 6.61 Å². The number of benzene rings is 2. The van der Waals surface area contributed by atoms with Crippen molar-refractivity contribution in [2.24, 2.45) is 0 Å². The minimum atomic E-state index is -0.173. The van der Waals surface area contributed by atoms with Gasteiger partial charge in [0.15, 0.2) is 11.5 Å². The lowest BCUT2D eigenvalue weighted by Crippen LogP contribution is -2.26. The number of ether oxygens (including phenoxy) is 2.